The summed E-state index contributed by atoms with van der Waals surface area (Å²) in [6, 6.07) is 5.93. The number of hydrogen-bond acceptors (Lipinski definition) is 3. The van der Waals surface area contributed by atoms with Gasteiger partial charge in [-0.2, -0.15) is 0 Å². The molecule has 0 heterocycles. The molecule has 0 aromatic heterocycles. The van der Waals surface area contributed by atoms with Gasteiger partial charge in [0.25, 0.3) is 0 Å². The van der Waals surface area contributed by atoms with Gasteiger partial charge in [0, 0.05) is 23.2 Å². The Morgan fingerprint density at radius 2 is 1.67 bits per heavy atom. The van der Waals surface area contributed by atoms with Gasteiger partial charge in [-0.15, -0.1) is 0 Å². The molecule has 0 saturated heterocycles. The zero-order valence-corrected chi connectivity index (χ0v) is 15.3. The van der Waals surface area contributed by atoms with Crippen molar-refractivity contribution in [2.75, 3.05) is 19.0 Å². The first-order chi connectivity index (χ1) is 9.73. The summed E-state index contributed by atoms with van der Waals surface area (Å²) in [7, 11) is -0.759. The Balaban J connectivity index is 3.20. The molecule has 0 fully saturated rings. The van der Waals surface area contributed by atoms with E-state index < -0.39 is 7.14 Å². The van der Waals surface area contributed by atoms with Crippen LogP contribution in [-0.4, -0.2) is 25.0 Å². The summed E-state index contributed by atoms with van der Waals surface area (Å²) in [5, 5.41) is 4.30. The zero-order chi connectivity index (χ0) is 16.2. The lowest BCUT2D eigenvalue weighted by molar-refractivity contribution is 0.416. The van der Waals surface area contributed by atoms with E-state index in [0.29, 0.717) is 5.92 Å². The molecule has 0 radical (unpaired) electrons. The SMILES string of the molecule is COc1cc(P(=O)(C(C)C)C(C)C)ccc1NCC(C)C. The fraction of sp³-hybridized carbons (Fsp3) is 0.647. The molecule has 1 N–H and O–H groups in total. The van der Waals surface area contributed by atoms with Crippen LogP contribution < -0.4 is 15.4 Å². The Labute approximate surface area is 129 Å². The van der Waals surface area contributed by atoms with Gasteiger partial charge in [-0.3, -0.25) is 0 Å². The van der Waals surface area contributed by atoms with Crippen LogP contribution in [-0.2, 0) is 4.57 Å². The van der Waals surface area contributed by atoms with Gasteiger partial charge in [0.2, 0.25) is 0 Å². The molecular formula is C17H30NO2P. The molecule has 1 aromatic carbocycles. The normalized spacial score (nSPS) is 12.3. The first-order valence-electron chi connectivity index (χ1n) is 7.75. The maximum atomic E-state index is 13.4. The van der Waals surface area contributed by atoms with E-state index in [0.717, 1.165) is 23.3 Å². The lowest BCUT2D eigenvalue weighted by Crippen LogP contribution is -2.20. The molecule has 120 valence electrons. The van der Waals surface area contributed by atoms with Crippen molar-refractivity contribution >= 4 is 18.1 Å². The summed E-state index contributed by atoms with van der Waals surface area (Å²) in [5.41, 5.74) is 1.24. The molecule has 3 nitrogen and oxygen atoms in total. The third-order valence-electron chi connectivity index (χ3n) is 3.82. The van der Waals surface area contributed by atoms with E-state index in [4.69, 9.17) is 4.74 Å². The predicted octanol–water partition coefficient (Wildman–Crippen LogP) is 4.57. The highest BCUT2D eigenvalue weighted by Crippen LogP contribution is 2.54. The van der Waals surface area contributed by atoms with Crippen molar-refractivity contribution in [3.8, 4) is 5.75 Å². The molecule has 4 heteroatoms. The fourth-order valence-corrected chi connectivity index (χ4v) is 5.56. The van der Waals surface area contributed by atoms with Crippen LogP contribution in [0.2, 0.25) is 0 Å². The molecule has 0 aliphatic carbocycles. The molecule has 0 aliphatic heterocycles. The van der Waals surface area contributed by atoms with Gasteiger partial charge in [-0.1, -0.05) is 41.5 Å². The van der Waals surface area contributed by atoms with Crippen molar-refractivity contribution in [1.82, 2.24) is 0 Å². The van der Waals surface area contributed by atoms with Gasteiger partial charge in [0.15, 0.2) is 0 Å². The highest BCUT2D eigenvalue weighted by molar-refractivity contribution is 7.72. The average Bonchev–Trinajstić information content (AvgIpc) is 2.43. The molecule has 21 heavy (non-hydrogen) atoms. The topological polar surface area (TPSA) is 38.3 Å². The van der Waals surface area contributed by atoms with Crippen LogP contribution in [0.15, 0.2) is 18.2 Å². The van der Waals surface area contributed by atoms with Crippen molar-refractivity contribution in [3.63, 3.8) is 0 Å². The maximum Gasteiger partial charge on any atom is 0.142 e. The molecule has 0 saturated carbocycles. The monoisotopic (exact) mass is 311 g/mol. The summed E-state index contributed by atoms with van der Waals surface area (Å²) >= 11 is 0. The molecule has 0 aliphatic rings. The fourth-order valence-electron chi connectivity index (χ4n) is 2.55. The molecule has 0 spiro atoms. The number of methoxy groups -OCH3 is 1. The maximum absolute atomic E-state index is 13.4. The van der Waals surface area contributed by atoms with Gasteiger partial charge >= 0.3 is 0 Å². The quantitative estimate of drug-likeness (QED) is 0.750. The van der Waals surface area contributed by atoms with Crippen molar-refractivity contribution in [2.24, 2.45) is 5.92 Å². The molecule has 1 rings (SSSR count). The van der Waals surface area contributed by atoms with Crippen LogP contribution in [0.25, 0.3) is 0 Å². The van der Waals surface area contributed by atoms with Crippen LogP contribution in [0.4, 0.5) is 5.69 Å². The number of nitrogens with one attached hydrogen (secondary N) is 1. The first kappa shape index (κ1) is 18.1. The molecule has 0 unspecified atom stereocenters. The molecular weight excluding hydrogens is 281 g/mol. The molecule has 1 aromatic rings. The van der Waals surface area contributed by atoms with E-state index in [9.17, 15) is 4.57 Å². The van der Waals surface area contributed by atoms with Crippen molar-refractivity contribution in [1.29, 1.82) is 0 Å². The van der Waals surface area contributed by atoms with Crippen molar-refractivity contribution in [3.05, 3.63) is 18.2 Å². The summed E-state index contributed by atoms with van der Waals surface area (Å²) in [6.45, 7) is 13.4. The number of ether oxygens (including phenoxy) is 1. The zero-order valence-electron chi connectivity index (χ0n) is 14.4. The average molecular weight is 311 g/mol. The van der Waals surface area contributed by atoms with Gasteiger partial charge in [-0.05, 0) is 24.1 Å². The highest BCUT2D eigenvalue weighted by atomic mass is 31.2. The molecule has 0 amide bonds. The summed E-state index contributed by atoms with van der Waals surface area (Å²) < 4.78 is 18.9. The summed E-state index contributed by atoms with van der Waals surface area (Å²) in [6.07, 6.45) is 0. The predicted molar refractivity (Wildman–Crippen MR) is 93.8 cm³/mol. The largest absolute Gasteiger partial charge is 0.495 e. The van der Waals surface area contributed by atoms with E-state index in [1.54, 1.807) is 7.11 Å². The van der Waals surface area contributed by atoms with E-state index in [-0.39, 0.29) is 11.3 Å². The minimum atomic E-state index is -2.42. The van der Waals surface area contributed by atoms with Crippen LogP contribution >= 0.6 is 7.14 Å². The van der Waals surface area contributed by atoms with E-state index in [1.165, 1.54) is 0 Å². The van der Waals surface area contributed by atoms with E-state index >= 15 is 0 Å². The van der Waals surface area contributed by atoms with Crippen LogP contribution in [0, 0.1) is 5.92 Å². The van der Waals surface area contributed by atoms with Crippen molar-refractivity contribution in [2.45, 2.75) is 52.9 Å². The third kappa shape index (κ3) is 4.03. The highest BCUT2D eigenvalue weighted by Gasteiger charge is 2.33. The summed E-state index contributed by atoms with van der Waals surface area (Å²) in [5.74, 6) is 1.33. The summed E-state index contributed by atoms with van der Waals surface area (Å²) in [4.78, 5) is 0. The van der Waals surface area contributed by atoms with Gasteiger partial charge in [0.1, 0.15) is 12.9 Å². The number of rotatable bonds is 7. The Morgan fingerprint density at radius 1 is 1.10 bits per heavy atom. The third-order valence-corrected chi connectivity index (χ3v) is 7.98. The first-order valence-corrected chi connectivity index (χ1v) is 9.59. The van der Waals surface area contributed by atoms with E-state index in [2.05, 4.69) is 19.2 Å². The Hall–Kier alpha value is -0.950. The lowest BCUT2D eigenvalue weighted by atomic mass is 10.2. The van der Waals surface area contributed by atoms with Crippen molar-refractivity contribution < 1.29 is 9.30 Å². The second-order valence-electron chi connectivity index (χ2n) is 6.56. The van der Waals surface area contributed by atoms with Gasteiger partial charge in [0.05, 0.1) is 12.8 Å². The standard InChI is InChI=1S/C17H30NO2P/c1-12(2)11-18-16-9-8-15(10-17(16)20-7)21(19,13(3)4)14(5)6/h8-10,12-14,18H,11H2,1-7H3. The minimum absolute atomic E-state index is 0.136. The van der Waals surface area contributed by atoms with Crippen LogP contribution in [0.1, 0.15) is 41.5 Å². The van der Waals surface area contributed by atoms with Gasteiger partial charge < -0.3 is 14.6 Å². The smallest absolute Gasteiger partial charge is 0.142 e. The van der Waals surface area contributed by atoms with Gasteiger partial charge in [-0.25, -0.2) is 0 Å². The Bertz CT molecular complexity index is 498. The number of benzene rings is 1. The van der Waals surface area contributed by atoms with E-state index in [1.807, 2.05) is 45.9 Å². The Kier molecular flexibility index (Phi) is 6.34. The lowest BCUT2D eigenvalue weighted by Gasteiger charge is -2.27. The molecule has 0 atom stereocenters. The van der Waals surface area contributed by atoms with Crippen LogP contribution in [0.5, 0.6) is 5.75 Å². The Morgan fingerprint density at radius 3 is 2.10 bits per heavy atom. The molecule has 0 bridgehead atoms. The minimum Gasteiger partial charge on any atom is -0.495 e. The van der Waals surface area contributed by atoms with Crippen LogP contribution in [0.3, 0.4) is 0 Å². The second-order valence-corrected chi connectivity index (χ2v) is 10.6. The number of hydrogen-bond donors (Lipinski definition) is 1. The second kappa shape index (κ2) is 7.35. The number of anilines is 1.